The molecule has 12 heavy (non-hydrogen) atoms. The average Bonchev–Trinajstić information content (AvgIpc) is 1.79. The van der Waals surface area contributed by atoms with Gasteiger partial charge in [0.2, 0.25) is 0 Å². The highest BCUT2D eigenvalue weighted by Gasteiger charge is 2.13. The van der Waals surface area contributed by atoms with Crippen LogP contribution >= 0.6 is 24.4 Å². The van der Waals surface area contributed by atoms with Crippen LogP contribution in [0.15, 0.2) is 0 Å². The highest BCUT2D eigenvalue weighted by Crippen LogP contribution is 2.09. The molecule has 1 atom stereocenters. The van der Waals surface area contributed by atoms with Crippen LogP contribution in [-0.4, -0.2) is 34.8 Å². The standard InChI is InChI=1S/C5H10O4S3/c1-4(6)11-2-5(10)3-12(7,8)9/h5,10H,2-3H2,1H3,(H,7,8,9). The van der Waals surface area contributed by atoms with Crippen molar-refractivity contribution in [3.63, 3.8) is 0 Å². The molecule has 72 valence electrons. The summed E-state index contributed by atoms with van der Waals surface area (Å²) in [4.78, 5) is 10.4. The molecule has 0 saturated heterocycles. The van der Waals surface area contributed by atoms with Crippen LogP contribution in [0.1, 0.15) is 6.92 Å². The second-order valence-electron chi connectivity index (χ2n) is 2.20. The molecule has 0 fully saturated rings. The van der Waals surface area contributed by atoms with E-state index in [0.717, 1.165) is 11.8 Å². The Labute approximate surface area is 81.3 Å². The molecule has 0 heterocycles. The van der Waals surface area contributed by atoms with E-state index in [1.165, 1.54) is 6.92 Å². The molecular weight excluding hydrogens is 220 g/mol. The van der Waals surface area contributed by atoms with Crippen LogP contribution in [0.25, 0.3) is 0 Å². The Morgan fingerprint density at radius 2 is 2.17 bits per heavy atom. The third kappa shape index (κ3) is 8.38. The normalized spacial score (nSPS) is 14.2. The summed E-state index contributed by atoms with van der Waals surface area (Å²) < 4.78 is 29.0. The molecule has 0 spiro atoms. The first-order valence-electron chi connectivity index (χ1n) is 3.08. The topological polar surface area (TPSA) is 71.4 Å². The molecular formula is C5H10O4S3. The molecule has 0 aliphatic rings. The predicted molar refractivity (Wildman–Crippen MR) is 52.3 cm³/mol. The highest BCUT2D eigenvalue weighted by molar-refractivity contribution is 8.14. The van der Waals surface area contributed by atoms with E-state index in [9.17, 15) is 13.2 Å². The summed E-state index contributed by atoms with van der Waals surface area (Å²) >= 11 is 4.88. The van der Waals surface area contributed by atoms with Gasteiger partial charge in [0, 0.05) is 17.9 Å². The van der Waals surface area contributed by atoms with Crippen LogP contribution in [0.5, 0.6) is 0 Å². The van der Waals surface area contributed by atoms with Crippen molar-refractivity contribution >= 4 is 39.6 Å². The smallest absolute Gasteiger partial charge is 0.265 e. The van der Waals surface area contributed by atoms with Crippen molar-refractivity contribution in [2.75, 3.05) is 11.5 Å². The summed E-state index contributed by atoms with van der Waals surface area (Å²) in [6, 6.07) is 0. The maximum atomic E-state index is 10.4. The third-order valence-corrected chi connectivity index (χ3v) is 3.54. The van der Waals surface area contributed by atoms with Gasteiger partial charge in [-0.15, -0.1) is 0 Å². The largest absolute Gasteiger partial charge is 0.288 e. The minimum Gasteiger partial charge on any atom is -0.288 e. The SMILES string of the molecule is CC(=O)SCC(S)CS(=O)(=O)O. The molecule has 0 aromatic rings. The zero-order valence-corrected chi connectivity index (χ0v) is 8.95. The summed E-state index contributed by atoms with van der Waals surface area (Å²) in [7, 11) is -3.97. The first-order valence-corrected chi connectivity index (χ1v) is 6.19. The van der Waals surface area contributed by atoms with E-state index in [1.807, 2.05) is 0 Å². The van der Waals surface area contributed by atoms with Crippen LogP contribution in [0.3, 0.4) is 0 Å². The van der Waals surface area contributed by atoms with Crippen molar-refractivity contribution in [2.45, 2.75) is 12.2 Å². The second kappa shape index (κ2) is 5.11. The molecule has 0 aliphatic heterocycles. The lowest BCUT2D eigenvalue weighted by Crippen LogP contribution is -2.18. The quantitative estimate of drug-likeness (QED) is 0.542. The fraction of sp³-hybridized carbons (Fsp3) is 0.800. The molecule has 0 aromatic carbocycles. The number of hydrogen-bond donors (Lipinski definition) is 2. The monoisotopic (exact) mass is 230 g/mol. The Morgan fingerprint density at radius 1 is 1.67 bits per heavy atom. The zero-order chi connectivity index (χ0) is 9.78. The maximum absolute atomic E-state index is 10.4. The Hall–Kier alpha value is 0.280. The summed E-state index contributed by atoms with van der Waals surface area (Å²) in [5.74, 6) is -0.130. The summed E-state index contributed by atoms with van der Waals surface area (Å²) in [5, 5.41) is -0.599. The zero-order valence-electron chi connectivity index (χ0n) is 6.43. The molecule has 7 heteroatoms. The van der Waals surface area contributed by atoms with Crippen LogP contribution in [0, 0.1) is 0 Å². The van der Waals surface area contributed by atoms with E-state index in [-0.39, 0.29) is 10.9 Å². The molecule has 0 saturated carbocycles. The lowest BCUT2D eigenvalue weighted by molar-refractivity contribution is -0.109. The summed E-state index contributed by atoms with van der Waals surface area (Å²) in [6.45, 7) is 1.39. The Balaban J connectivity index is 3.75. The van der Waals surface area contributed by atoms with Gasteiger partial charge >= 0.3 is 0 Å². The predicted octanol–water partition coefficient (Wildman–Crippen LogP) is 0.452. The van der Waals surface area contributed by atoms with Crippen molar-refractivity contribution in [3.8, 4) is 0 Å². The van der Waals surface area contributed by atoms with Gasteiger partial charge in [-0.25, -0.2) is 0 Å². The van der Waals surface area contributed by atoms with Gasteiger partial charge in [-0.3, -0.25) is 9.35 Å². The second-order valence-corrected chi connectivity index (χ2v) is 5.63. The maximum Gasteiger partial charge on any atom is 0.265 e. The number of hydrogen-bond acceptors (Lipinski definition) is 5. The van der Waals surface area contributed by atoms with E-state index in [1.54, 1.807) is 0 Å². The summed E-state index contributed by atoms with van der Waals surface area (Å²) in [5.41, 5.74) is 0. The number of thiol groups is 1. The van der Waals surface area contributed by atoms with Crippen molar-refractivity contribution in [1.29, 1.82) is 0 Å². The van der Waals surface area contributed by atoms with Gasteiger partial charge in [-0.1, -0.05) is 11.8 Å². The van der Waals surface area contributed by atoms with Crippen molar-refractivity contribution in [3.05, 3.63) is 0 Å². The first kappa shape index (κ1) is 12.3. The van der Waals surface area contributed by atoms with Gasteiger partial charge in [0.1, 0.15) is 0 Å². The van der Waals surface area contributed by atoms with Gasteiger partial charge < -0.3 is 0 Å². The lowest BCUT2D eigenvalue weighted by atomic mass is 10.5. The molecule has 1 unspecified atom stereocenters. The van der Waals surface area contributed by atoms with Crippen LogP contribution in [0.2, 0.25) is 0 Å². The number of carbonyl (C=O) groups excluding carboxylic acids is 1. The number of thioether (sulfide) groups is 1. The van der Waals surface area contributed by atoms with Crippen LogP contribution < -0.4 is 0 Å². The molecule has 0 aromatic heterocycles. The fourth-order valence-corrected chi connectivity index (χ4v) is 2.59. The molecule has 1 N–H and O–H groups in total. The van der Waals surface area contributed by atoms with Gasteiger partial charge in [0.05, 0.1) is 5.75 Å². The Kier molecular flexibility index (Phi) is 5.22. The lowest BCUT2D eigenvalue weighted by Gasteiger charge is -2.05. The highest BCUT2D eigenvalue weighted by atomic mass is 32.2. The summed E-state index contributed by atoms with van der Waals surface area (Å²) in [6.07, 6.45) is 0. The van der Waals surface area contributed by atoms with E-state index >= 15 is 0 Å². The van der Waals surface area contributed by atoms with Gasteiger partial charge in [0.25, 0.3) is 10.1 Å². The minimum absolute atomic E-state index is 0.0932. The van der Waals surface area contributed by atoms with Crippen molar-refractivity contribution in [2.24, 2.45) is 0 Å². The van der Waals surface area contributed by atoms with Crippen molar-refractivity contribution < 1.29 is 17.8 Å². The molecule has 0 radical (unpaired) electrons. The van der Waals surface area contributed by atoms with Gasteiger partial charge in [-0.2, -0.15) is 21.0 Å². The van der Waals surface area contributed by atoms with E-state index < -0.39 is 21.1 Å². The third-order valence-electron chi connectivity index (χ3n) is 0.882. The van der Waals surface area contributed by atoms with Crippen molar-refractivity contribution in [1.82, 2.24) is 0 Å². The van der Waals surface area contributed by atoms with E-state index in [0.29, 0.717) is 0 Å². The first-order chi connectivity index (χ1) is 5.31. The molecule has 0 rings (SSSR count). The Morgan fingerprint density at radius 3 is 2.50 bits per heavy atom. The minimum atomic E-state index is -3.97. The number of rotatable bonds is 4. The van der Waals surface area contributed by atoms with Gasteiger partial charge in [-0.05, 0) is 0 Å². The molecule has 0 aliphatic carbocycles. The Bertz CT molecular complexity index is 245. The van der Waals surface area contributed by atoms with E-state index in [2.05, 4.69) is 12.6 Å². The molecule has 0 amide bonds. The van der Waals surface area contributed by atoms with E-state index in [4.69, 9.17) is 4.55 Å². The van der Waals surface area contributed by atoms with Crippen LogP contribution in [-0.2, 0) is 14.9 Å². The fourth-order valence-electron chi connectivity index (χ4n) is 0.505. The molecule has 4 nitrogen and oxygen atoms in total. The molecule has 0 bridgehead atoms. The van der Waals surface area contributed by atoms with Crippen LogP contribution in [0.4, 0.5) is 0 Å². The van der Waals surface area contributed by atoms with Gasteiger partial charge in [0.15, 0.2) is 5.12 Å². The average molecular weight is 230 g/mol. The number of carbonyl (C=O) groups is 1.